The van der Waals surface area contributed by atoms with Gasteiger partial charge in [0.25, 0.3) is 0 Å². The quantitative estimate of drug-likeness (QED) is 0.291. The summed E-state index contributed by atoms with van der Waals surface area (Å²) in [5.41, 5.74) is 1.23. The molecule has 8 atom stereocenters. The van der Waals surface area contributed by atoms with Crippen LogP contribution in [0.25, 0.3) is 11.1 Å². The summed E-state index contributed by atoms with van der Waals surface area (Å²) >= 11 is 0. The largest absolute Gasteiger partial charge is 0.465 e. The van der Waals surface area contributed by atoms with Crippen LogP contribution in [0.3, 0.4) is 0 Å². The molecule has 0 saturated carbocycles. The highest BCUT2D eigenvalue weighted by atomic mass is 16.7. The van der Waals surface area contributed by atoms with Crippen LogP contribution >= 0.6 is 0 Å². The Morgan fingerprint density at radius 1 is 0.942 bits per heavy atom. The molecule has 0 bridgehead atoms. The van der Waals surface area contributed by atoms with E-state index in [-0.39, 0.29) is 30.5 Å². The second kappa shape index (κ2) is 18.6. The molecule has 0 aliphatic carbocycles. The lowest BCUT2D eigenvalue weighted by Crippen LogP contribution is -2.59. The van der Waals surface area contributed by atoms with E-state index in [9.17, 15) is 14.7 Å². The minimum atomic E-state index is -1.43. The summed E-state index contributed by atoms with van der Waals surface area (Å²) in [5.74, 6) is -1.47. The first-order valence-electron chi connectivity index (χ1n) is 19.0. The number of hydrogen-bond donors (Lipinski definition) is 1. The van der Waals surface area contributed by atoms with Crippen LogP contribution in [-0.2, 0) is 35.1 Å². The van der Waals surface area contributed by atoms with Crippen molar-refractivity contribution in [2.75, 3.05) is 61.0 Å². The highest BCUT2D eigenvalue weighted by Gasteiger charge is 2.51. The minimum Gasteiger partial charge on any atom is -0.465 e. The Morgan fingerprint density at radius 2 is 1.60 bits per heavy atom. The summed E-state index contributed by atoms with van der Waals surface area (Å²) in [4.78, 5) is 34.7. The van der Waals surface area contributed by atoms with E-state index in [1.54, 1.807) is 27.9 Å². The normalized spacial score (nSPS) is 32.3. The fraction of sp³-hybridized carbons (Fsp3) is 0.667. The summed E-state index contributed by atoms with van der Waals surface area (Å²) in [6.45, 7) is 15.4. The van der Waals surface area contributed by atoms with Crippen molar-refractivity contribution in [3.63, 3.8) is 0 Å². The Hall–Kier alpha value is -2.70. The fourth-order valence-corrected chi connectivity index (χ4v) is 8.00. The highest BCUT2D eigenvalue weighted by Crippen LogP contribution is 2.38. The van der Waals surface area contributed by atoms with E-state index in [1.165, 1.54) is 16.7 Å². The van der Waals surface area contributed by atoms with Crippen molar-refractivity contribution in [2.45, 2.75) is 104 Å². The van der Waals surface area contributed by atoms with Gasteiger partial charge >= 0.3 is 5.97 Å². The number of esters is 1. The molecule has 4 rings (SSSR count). The third-order valence-corrected chi connectivity index (χ3v) is 11.1. The molecule has 0 spiro atoms. The van der Waals surface area contributed by atoms with Crippen molar-refractivity contribution in [1.82, 2.24) is 14.7 Å². The molecule has 0 aromatic heterocycles. The number of aliphatic hydroxyl groups is 1. The maximum atomic E-state index is 14.3. The average molecular weight is 724 g/mol. The predicted octanol–water partition coefficient (Wildman–Crippen LogP) is 5.51. The van der Waals surface area contributed by atoms with Gasteiger partial charge in [0.2, 0.25) is 0 Å². The smallest absolute Gasteiger partial charge is 0.319 e. The van der Waals surface area contributed by atoms with Crippen LogP contribution in [0.5, 0.6) is 0 Å². The van der Waals surface area contributed by atoms with Crippen LogP contribution in [-0.4, -0.2) is 129 Å². The Labute approximate surface area is 312 Å². The standard InChI is InChI=1S/C42H65N3O7/c1-29-26-42(6,49-10)38(52-39-36(46)35(43(7)8)25-30(2)51-39)31(3)37(47)41(4,5)40(48)50-24-14-21-45(23-22-44(9)27-29)28-32-17-19-34(20-18-32)33-15-12-11-13-16-33/h11-13,15-20,29-31,35-36,38-39,46H,14,21-28H2,1-10H3/t29-,30-,31+,35+,36-,38-,39+,42-/m1/s1. The van der Waals surface area contributed by atoms with E-state index in [4.69, 9.17) is 18.9 Å². The van der Waals surface area contributed by atoms with Crippen LogP contribution in [0.15, 0.2) is 54.6 Å². The van der Waals surface area contributed by atoms with Gasteiger partial charge in [0, 0.05) is 51.8 Å². The third-order valence-electron chi connectivity index (χ3n) is 11.1. The van der Waals surface area contributed by atoms with Gasteiger partial charge in [-0.25, -0.2) is 0 Å². The van der Waals surface area contributed by atoms with E-state index >= 15 is 0 Å². The molecule has 2 aliphatic heterocycles. The van der Waals surface area contributed by atoms with Gasteiger partial charge in [-0.2, -0.15) is 0 Å². The van der Waals surface area contributed by atoms with Crippen LogP contribution < -0.4 is 0 Å². The number of methoxy groups -OCH3 is 1. The van der Waals surface area contributed by atoms with Crippen molar-refractivity contribution in [3.05, 3.63) is 60.2 Å². The van der Waals surface area contributed by atoms with Crippen LogP contribution in [0.2, 0.25) is 0 Å². The highest BCUT2D eigenvalue weighted by molar-refractivity contribution is 6.04. The van der Waals surface area contributed by atoms with Crippen molar-refractivity contribution in [2.24, 2.45) is 17.3 Å². The van der Waals surface area contributed by atoms with Gasteiger partial charge in [-0.3, -0.25) is 14.5 Å². The Morgan fingerprint density at radius 3 is 2.23 bits per heavy atom. The Balaban J connectivity index is 1.57. The third kappa shape index (κ3) is 10.7. The van der Waals surface area contributed by atoms with Crippen LogP contribution in [0.4, 0.5) is 0 Å². The van der Waals surface area contributed by atoms with Gasteiger partial charge < -0.3 is 33.9 Å². The Kier molecular flexibility index (Phi) is 15.0. The molecule has 10 heteroatoms. The first kappa shape index (κ1) is 42.0. The number of ketones is 1. The number of rotatable bonds is 7. The predicted molar refractivity (Wildman–Crippen MR) is 205 cm³/mol. The molecule has 1 N–H and O–H groups in total. The van der Waals surface area contributed by atoms with Crippen molar-refractivity contribution in [3.8, 4) is 11.1 Å². The number of carbonyl (C=O) groups excluding carboxylic acids is 2. The minimum absolute atomic E-state index is 0.164. The molecule has 52 heavy (non-hydrogen) atoms. The summed E-state index contributed by atoms with van der Waals surface area (Å²) in [7, 11) is 7.64. The molecule has 2 aromatic carbocycles. The second-order valence-corrected chi connectivity index (χ2v) is 16.3. The van der Waals surface area contributed by atoms with E-state index in [1.807, 2.05) is 38.9 Å². The molecule has 2 heterocycles. The molecule has 10 nitrogen and oxygen atoms in total. The zero-order chi connectivity index (χ0) is 38.2. The molecule has 2 aromatic rings. The lowest BCUT2D eigenvalue weighted by molar-refractivity contribution is -0.295. The summed E-state index contributed by atoms with van der Waals surface area (Å²) in [6.07, 6.45) is -1.04. The molecular weight excluding hydrogens is 658 g/mol. The maximum Gasteiger partial charge on any atom is 0.319 e. The lowest BCUT2D eigenvalue weighted by Gasteiger charge is -2.47. The van der Waals surface area contributed by atoms with Crippen molar-refractivity contribution >= 4 is 11.8 Å². The maximum absolute atomic E-state index is 14.3. The van der Waals surface area contributed by atoms with Gasteiger partial charge in [-0.05, 0) is 90.7 Å². The molecule has 0 radical (unpaired) electrons. The van der Waals surface area contributed by atoms with Crippen molar-refractivity contribution < 1.29 is 33.6 Å². The SMILES string of the molecule is CO[C@]1(C)C[C@@H](C)CN(C)CCN(Cc2ccc(-c3ccccc3)cc2)CCCOC(=O)C(C)(C)C(=O)[C@H](C)[C@H]1O[C@@H]1O[C@H](C)C[C@H](N(C)C)[C@H]1O. The number of aliphatic hydroxyl groups excluding tert-OH is 1. The molecule has 2 aliphatic rings. The average Bonchev–Trinajstić information content (AvgIpc) is 3.11. The van der Waals surface area contributed by atoms with Crippen LogP contribution in [0, 0.1) is 17.3 Å². The molecule has 290 valence electrons. The summed E-state index contributed by atoms with van der Waals surface area (Å²) in [5, 5.41) is 11.4. The zero-order valence-corrected chi connectivity index (χ0v) is 33.3. The topological polar surface area (TPSA) is 101 Å². The number of likely N-dealkylation sites (N-methyl/N-ethyl adjacent to an activating group) is 2. The van der Waals surface area contributed by atoms with Gasteiger partial charge in [0.15, 0.2) is 12.1 Å². The van der Waals surface area contributed by atoms with Gasteiger partial charge in [0.05, 0.1) is 24.4 Å². The van der Waals surface area contributed by atoms with Gasteiger partial charge in [-0.1, -0.05) is 68.4 Å². The molecular formula is C42H65N3O7. The molecule has 0 unspecified atom stereocenters. The fourth-order valence-electron chi connectivity index (χ4n) is 8.00. The molecule has 2 fully saturated rings. The Bertz CT molecular complexity index is 1420. The summed E-state index contributed by atoms with van der Waals surface area (Å²) < 4.78 is 24.9. The number of nitrogens with zero attached hydrogens (tertiary/aromatic N) is 3. The number of cyclic esters (lactones) is 1. The number of hydrogen-bond acceptors (Lipinski definition) is 10. The lowest BCUT2D eigenvalue weighted by atomic mass is 9.74. The van der Waals surface area contributed by atoms with Gasteiger partial charge in [-0.15, -0.1) is 0 Å². The molecule has 0 amide bonds. The summed E-state index contributed by atoms with van der Waals surface area (Å²) in [6, 6.07) is 18.9. The number of Topliss-reactive ketones (excluding diaryl/α,β-unsaturated/α-hetero) is 1. The van der Waals surface area contributed by atoms with E-state index in [0.29, 0.717) is 19.3 Å². The van der Waals surface area contributed by atoms with E-state index < -0.39 is 41.4 Å². The van der Waals surface area contributed by atoms with Crippen LogP contribution in [0.1, 0.15) is 66.4 Å². The van der Waals surface area contributed by atoms with E-state index in [0.717, 1.165) is 32.7 Å². The zero-order valence-electron chi connectivity index (χ0n) is 33.3. The number of benzene rings is 2. The number of carbonyl (C=O) groups is 2. The number of ether oxygens (including phenoxy) is 4. The first-order valence-corrected chi connectivity index (χ1v) is 19.0. The first-order chi connectivity index (χ1) is 24.5. The van der Waals surface area contributed by atoms with E-state index in [2.05, 4.69) is 72.3 Å². The second-order valence-electron chi connectivity index (χ2n) is 16.3. The molecule has 2 saturated heterocycles. The van der Waals surface area contributed by atoms with Gasteiger partial charge in [0.1, 0.15) is 11.5 Å². The van der Waals surface area contributed by atoms with Crippen molar-refractivity contribution in [1.29, 1.82) is 0 Å². The monoisotopic (exact) mass is 723 g/mol.